The fourth-order valence-corrected chi connectivity index (χ4v) is 4.38. The van der Waals surface area contributed by atoms with Gasteiger partial charge < -0.3 is 9.84 Å². The van der Waals surface area contributed by atoms with Crippen molar-refractivity contribution in [3.8, 4) is 0 Å². The smallest absolute Gasteiger partial charge is 0.390 e. The SMILES string of the molecule is CC(=O)SCCOP(=O)(OC[C@H]1O[C@@H](n2cc(C)c(=O)[nH]c2=O)CC1O)N(C)C. The third-order valence-electron chi connectivity index (χ3n) is 4.20. The lowest BCUT2D eigenvalue weighted by molar-refractivity contribution is -0.109. The van der Waals surface area contributed by atoms with Crippen LogP contribution in [0.4, 0.5) is 0 Å². The molecule has 0 aromatic carbocycles. The first-order valence-corrected chi connectivity index (χ1v) is 11.4. The maximum Gasteiger partial charge on any atom is 0.407 e. The number of H-pyrrole nitrogens is 1. The average Bonchev–Trinajstić information content (AvgIpc) is 3.00. The molecule has 0 saturated carbocycles. The fourth-order valence-electron chi connectivity index (χ4n) is 2.61. The lowest BCUT2D eigenvalue weighted by Crippen LogP contribution is -2.33. The first kappa shape index (κ1) is 24.0. The summed E-state index contributed by atoms with van der Waals surface area (Å²) in [7, 11) is -0.596. The van der Waals surface area contributed by atoms with Crippen molar-refractivity contribution in [3.63, 3.8) is 0 Å². The molecule has 0 bridgehead atoms. The van der Waals surface area contributed by atoms with Crippen LogP contribution in [0.15, 0.2) is 15.8 Å². The number of aliphatic hydroxyl groups is 1. The number of ether oxygens (including phenoxy) is 1. The predicted molar refractivity (Wildman–Crippen MR) is 107 cm³/mol. The average molecular weight is 451 g/mol. The van der Waals surface area contributed by atoms with Crippen LogP contribution in [0.2, 0.25) is 0 Å². The van der Waals surface area contributed by atoms with Crippen molar-refractivity contribution >= 4 is 24.6 Å². The summed E-state index contributed by atoms with van der Waals surface area (Å²) in [5.41, 5.74) is -0.808. The third kappa shape index (κ3) is 6.35. The molecule has 0 spiro atoms. The summed E-state index contributed by atoms with van der Waals surface area (Å²) < 4.78 is 31.8. The zero-order chi connectivity index (χ0) is 21.8. The summed E-state index contributed by atoms with van der Waals surface area (Å²) in [6, 6.07) is 0. The van der Waals surface area contributed by atoms with Gasteiger partial charge in [-0.2, -0.15) is 0 Å². The molecular weight excluding hydrogens is 425 g/mol. The van der Waals surface area contributed by atoms with Crippen LogP contribution < -0.4 is 11.2 Å². The number of thioether (sulfide) groups is 1. The number of carbonyl (C=O) groups is 1. The highest BCUT2D eigenvalue weighted by Gasteiger charge is 2.38. The monoisotopic (exact) mass is 451 g/mol. The molecule has 2 unspecified atom stereocenters. The van der Waals surface area contributed by atoms with E-state index in [1.807, 2.05) is 0 Å². The molecule has 0 amide bonds. The van der Waals surface area contributed by atoms with E-state index < -0.39 is 37.4 Å². The van der Waals surface area contributed by atoms with Gasteiger partial charge in [0.1, 0.15) is 12.3 Å². The van der Waals surface area contributed by atoms with Gasteiger partial charge in [0.15, 0.2) is 5.12 Å². The highest BCUT2D eigenvalue weighted by molar-refractivity contribution is 8.13. The molecule has 0 aliphatic carbocycles. The van der Waals surface area contributed by atoms with Gasteiger partial charge in [-0.05, 0) is 21.0 Å². The van der Waals surface area contributed by atoms with E-state index in [4.69, 9.17) is 13.8 Å². The Labute approximate surface area is 171 Å². The minimum absolute atomic E-state index is 0.0441. The predicted octanol–water partition coefficient (Wildman–Crippen LogP) is 0.476. The van der Waals surface area contributed by atoms with Crippen molar-refractivity contribution in [2.45, 2.75) is 38.7 Å². The van der Waals surface area contributed by atoms with Crippen LogP contribution >= 0.6 is 19.5 Å². The second-order valence-electron chi connectivity index (χ2n) is 6.70. The molecule has 2 N–H and O–H groups in total. The molecule has 1 aromatic heterocycles. The van der Waals surface area contributed by atoms with E-state index in [9.17, 15) is 24.1 Å². The molecule has 4 atom stereocenters. The minimum Gasteiger partial charge on any atom is -0.390 e. The minimum atomic E-state index is -3.64. The van der Waals surface area contributed by atoms with Crippen molar-refractivity contribution in [2.24, 2.45) is 0 Å². The lowest BCUT2D eigenvalue weighted by Gasteiger charge is -2.25. The number of aromatic amines is 1. The number of nitrogens with zero attached hydrogens (tertiary/aromatic N) is 2. The summed E-state index contributed by atoms with van der Waals surface area (Å²) >= 11 is 1.05. The van der Waals surface area contributed by atoms with Crippen LogP contribution in [0, 0.1) is 6.92 Å². The van der Waals surface area contributed by atoms with Crippen LogP contribution in [0.25, 0.3) is 0 Å². The van der Waals surface area contributed by atoms with Gasteiger partial charge in [-0.1, -0.05) is 11.8 Å². The second kappa shape index (κ2) is 10.2. The Morgan fingerprint density at radius 1 is 1.45 bits per heavy atom. The molecule has 1 aliphatic rings. The van der Waals surface area contributed by atoms with E-state index in [1.165, 1.54) is 36.5 Å². The molecule has 29 heavy (non-hydrogen) atoms. The first-order valence-electron chi connectivity index (χ1n) is 8.89. The largest absolute Gasteiger partial charge is 0.407 e. The molecule has 1 aromatic rings. The van der Waals surface area contributed by atoms with Gasteiger partial charge in [0, 0.05) is 30.9 Å². The van der Waals surface area contributed by atoms with Gasteiger partial charge in [-0.15, -0.1) is 0 Å². The molecule has 1 fully saturated rings. The fraction of sp³-hybridized carbons (Fsp3) is 0.688. The van der Waals surface area contributed by atoms with E-state index in [1.54, 1.807) is 6.92 Å². The van der Waals surface area contributed by atoms with Crippen molar-refractivity contribution in [3.05, 3.63) is 32.6 Å². The lowest BCUT2D eigenvalue weighted by atomic mass is 10.2. The number of hydrogen-bond donors (Lipinski definition) is 2. The molecular formula is C16H26N3O8PS. The Kier molecular flexibility index (Phi) is 8.41. The summed E-state index contributed by atoms with van der Waals surface area (Å²) in [4.78, 5) is 36.7. The number of aliphatic hydroxyl groups excluding tert-OH is 1. The Hall–Kier alpha value is -1.27. The number of aryl methyl sites for hydroxylation is 1. The third-order valence-corrected chi connectivity index (χ3v) is 6.94. The first-order chi connectivity index (χ1) is 13.5. The molecule has 11 nitrogen and oxygen atoms in total. The normalized spacial score (nSPS) is 24.0. The molecule has 0 radical (unpaired) electrons. The molecule has 2 heterocycles. The van der Waals surface area contributed by atoms with Crippen LogP contribution in [-0.2, 0) is 23.1 Å². The van der Waals surface area contributed by atoms with Gasteiger partial charge >= 0.3 is 13.4 Å². The van der Waals surface area contributed by atoms with Crippen molar-refractivity contribution in [1.82, 2.24) is 14.2 Å². The van der Waals surface area contributed by atoms with Gasteiger partial charge in [0.2, 0.25) is 0 Å². The summed E-state index contributed by atoms with van der Waals surface area (Å²) in [5.74, 6) is 0.329. The van der Waals surface area contributed by atoms with Gasteiger partial charge in [0.05, 0.1) is 19.3 Å². The van der Waals surface area contributed by atoms with Crippen molar-refractivity contribution in [2.75, 3.05) is 33.1 Å². The number of carbonyl (C=O) groups excluding carboxylic acids is 1. The Balaban J connectivity index is 1.99. The summed E-state index contributed by atoms with van der Waals surface area (Å²) in [6.07, 6.45) is -1.15. The molecule has 2 rings (SSSR count). The molecule has 13 heteroatoms. The van der Waals surface area contributed by atoms with E-state index in [-0.39, 0.29) is 24.7 Å². The zero-order valence-corrected chi connectivity index (χ0v) is 18.4. The molecule has 1 saturated heterocycles. The maximum absolute atomic E-state index is 12.9. The van der Waals surface area contributed by atoms with E-state index in [0.717, 1.165) is 11.8 Å². The van der Waals surface area contributed by atoms with Crippen LogP contribution in [0.1, 0.15) is 25.1 Å². The molecule has 1 aliphatic heterocycles. The Morgan fingerprint density at radius 2 is 2.14 bits per heavy atom. The summed E-state index contributed by atoms with van der Waals surface area (Å²) in [6.45, 7) is 2.79. The van der Waals surface area contributed by atoms with Crippen LogP contribution in [-0.4, -0.2) is 69.7 Å². The van der Waals surface area contributed by atoms with Gasteiger partial charge in [-0.25, -0.2) is 14.0 Å². The Bertz CT molecular complexity index is 886. The number of rotatable bonds is 9. The Morgan fingerprint density at radius 3 is 2.76 bits per heavy atom. The second-order valence-corrected chi connectivity index (χ2v) is 10.2. The highest BCUT2D eigenvalue weighted by Crippen LogP contribution is 2.50. The van der Waals surface area contributed by atoms with Crippen molar-refractivity contribution < 1.29 is 28.3 Å². The standard InChI is InChI=1S/C16H26N3O8PS/c1-10-8-19(16(23)17-15(10)22)14-7-12(21)13(27-14)9-26-28(24,18(3)4)25-5-6-29-11(2)20/h8,12-14,21H,5-7,9H2,1-4H3,(H,17,22,23)/t12?,13-,14-,28?/m1/s1. The number of aromatic nitrogens is 2. The number of hydrogen-bond acceptors (Lipinski definition) is 9. The molecule has 164 valence electrons. The van der Waals surface area contributed by atoms with Gasteiger partial charge in [0.25, 0.3) is 5.56 Å². The highest BCUT2D eigenvalue weighted by atomic mass is 32.2. The maximum atomic E-state index is 12.9. The van der Waals surface area contributed by atoms with E-state index >= 15 is 0 Å². The van der Waals surface area contributed by atoms with E-state index in [0.29, 0.717) is 11.3 Å². The number of nitrogens with one attached hydrogen (secondary N) is 1. The quantitative estimate of drug-likeness (QED) is 0.402. The zero-order valence-electron chi connectivity index (χ0n) is 16.7. The van der Waals surface area contributed by atoms with Crippen LogP contribution in [0.5, 0.6) is 0 Å². The van der Waals surface area contributed by atoms with Crippen LogP contribution in [0.3, 0.4) is 0 Å². The topological polar surface area (TPSA) is 140 Å². The van der Waals surface area contributed by atoms with Crippen molar-refractivity contribution in [1.29, 1.82) is 0 Å². The van der Waals surface area contributed by atoms with Gasteiger partial charge in [-0.3, -0.25) is 28.2 Å². The van der Waals surface area contributed by atoms with E-state index in [2.05, 4.69) is 4.98 Å². The summed E-state index contributed by atoms with van der Waals surface area (Å²) in [5, 5.41) is 10.2.